The maximum absolute atomic E-state index is 6.25. The minimum absolute atomic E-state index is 0.720. The van der Waals surface area contributed by atoms with E-state index in [0.717, 1.165) is 33.3 Å². The highest BCUT2D eigenvalue weighted by atomic mass is 35.5. The van der Waals surface area contributed by atoms with Crippen LogP contribution in [-0.4, -0.2) is 12.8 Å². The van der Waals surface area contributed by atoms with E-state index in [9.17, 15) is 0 Å². The lowest BCUT2D eigenvalue weighted by molar-refractivity contribution is 0.415. The lowest BCUT2D eigenvalue weighted by Crippen LogP contribution is -1.96. The van der Waals surface area contributed by atoms with Crippen LogP contribution >= 0.6 is 11.6 Å². The summed E-state index contributed by atoms with van der Waals surface area (Å²) in [7, 11) is 1.66. The van der Waals surface area contributed by atoms with E-state index < -0.39 is 0 Å². The molecule has 0 aliphatic carbocycles. The third-order valence-electron chi connectivity index (χ3n) is 3.22. The van der Waals surface area contributed by atoms with Crippen LogP contribution in [0.15, 0.2) is 41.4 Å². The number of rotatable bonds is 3. The standard InChI is InChI=1S/C17H18ClNO/c1-11-5-8-16(18)15(9-11)13(3)19-17-10-14(20-4)7-6-12(17)2/h5-10H,1-4H3. The van der Waals surface area contributed by atoms with Crippen molar-refractivity contribution < 1.29 is 4.74 Å². The summed E-state index contributed by atoms with van der Waals surface area (Å²) < 4.78 is 5.24. The van der Waals surface area contributed by atoms with Crippen molar-refractivity contribution in [3.05, 3.63) is 58.1 Å². The minimum atomic E-state index is 0.720. The van der Waals surface area contributed by atoms with Gasteiger partial charge < -0.3 is 4.74 Å². The summed E-state index contributed by atoms with van der Waals surface area (Å²) in [6.07, 6.45) is 0. The molecule has 0 unspecified atom stereocenters. The van der Waals surface area contributed by atoms with Crippen molar-refractivity contribution in [2.75, 3.05) is 7.11 Å². The maximum atomic E-state index is 6.25. The molecule has 0 radical (unpaired) electrons. The number of benzene rings is 2. The van der Waals surface area contributed by atoms with Crippen molar-refractivity contribution >= 4 is 23.0 Å². The van der Waals surface area contributed by atoms with E-state index in [1.165, 1.54) is 5.56 Å². The van der Waals surface area contributed by atoms with Crippen molar-refractivity contribution in [3.8, 4) is 5.75 Å². The van der Waals surface area contributed by atoms with Gasteiger partial charge in [0.25, 0.3) is 0 Å². The van der Waals surface area contributed by atoms with Gasteiger partial charge in [-0.3, -0.25) is 4.99 Å². The van der Waals surface area contributed by atoms with Gasteiger partial charge in [-0.2, -0.15) is 0 Å². The van der Waals surface area contributed by atoms with E-state index in [2.05, 4.69) is 6.07 Å². The average Bonchev–Trinajstić information content (AvgIpc) is 2.43. The number of nitrogens with zero attached hydrogens (tertiary/aromatic N) is 1. The zero-order valence-electron chi connectivity index (χ0n) is 12.2. The molecule has 0 bridgehead atoms. The summed E-state index contributed by atoms with van der Waals surface area (Å²) in [6, 6.07) is 11.8. The van der Waals surface area contributed by atoms with Crippen LogP contribution in [0.2, 0.25) is 5.02 Å². The fourth-order valence-corrected chi connectivity index (χ4v) is 2.25. The van der Waals surface area contributed by atoms with Crippen LogP contribution in [0, 0.1) is 13.8 Å². The van der Waals surface area contributed by atoms with Crippen molar-refractivity contribution in [1.82, 2.24) is 0 Å². The predicted molar refractivity (Wildman–Crippen MR) is 85.8 cm³/mol. The first-order valence-corrected chi connectivity index (χ1v) is 6.85. The summed E-state index contributed by atoms with van der Waals surface area (Å²) in [4.78, 5) is 4.69. The molecule has 0 N–H and O–H groups in total. The second-order valence-corrected chi connectivity index (χ2v) is 5.24. The molecule has 0 saturated carbocycles. The van der Waals surface area contributed by atoms with Gasteiger partial charge in [-0.15, -0.1) is 0 Å². The Bertz CT molecular complexity index is 662. The summed E-state index contributed by atoms with van der Waals surface area (Å²) in [6.45, 7) is 6.05. The number of aryl methyl sites for hydroxylation is 2. The number of ether oxygens (including phenoxy) is 1. The summed E-state index contributed by atoms with van der Waals surface area (Å²) in [5, 5.41) is 0.720. The van der Waals surface area contributed by atoms with Gasteiger partial charge in [-0.1, -0.05) is 29.3 Å². The van der Waals surface area contributed by atoms with Crippen molar-refractivity contribution in [2.45, 2.75) is 20.8 Å². The lowest BCUT2D eigenvalue weighted by atomic mass is 10.1. The van der Waals surface area contributed by atoms with Crippen LogP contribution in [0.5, 0.6) is 5.75 Å². The Balaban J connectivity index is 2.46. The Labute approximate surface area is 125 Å². The SMILES string of the molecule is COc1ccc(C)c(N=C(C)c2cc(C)ccc2Cl)c1. The lowest BCUT2D eigenvalue weighted by Gasteiger charge is -2.08. The number of hydrogen-bond donors (Lipinski definition) is 0. The van der Waals surface area contributed by atoms with Gasteiger partial charge in [0.2, 0.25) is 0 Å². The highest BCUT2D eigenvalue weighted by Crippen LogP contribution is 2.26. The van der Waals surface area contributed by atoms with Gasteiger partial charge in [0.05, 0.1) is 12.8 Å². The molecule has 0 fully saturated rings. The number of halogens is 1. The Kier molecular flexibility index (Phi) is 4.46. The van der Waals surface area contributed by atoms with Gasteiger partial charge in [-0.25, -0.2) is 0 Å². The third-order valence-corrected chi connectivity index (χ3v) is 3.55. The monoisotopic (exact) mass is 287 g/mol. The fourth-order valence-electron chi connectivity index (χ4n) is 1.99. The number of methoxy groups -OCH3 is 1. The van der Waals surface area contributed by atoms with Crippen LogP contribution in [-0.2, 0) is 0 Å². The molecular formula is C17H18ClNO. The third kappa shape index (κ3) is 3.20. The largest absolute Gasteiger partial charge is 0.497 e. The molecule has 0 aliphatic heterocycles. The smallest absolute Gasteiger partial charge is 0.121 e. The summed E-state index contributed by atoms with van der Waals surface area (Å²) in [5.41, 5.74) is 5.04. The summed E-state index contributed by atoms with van der Waals surface area (Å²) in [5.74, 6) is 0.803. The second kappa shape index (κ2) is 6.10. The minimum Gasteiger partial charge on any atom is -0.497 e. The fraction of sp³-hybridized carbons (Fsp3) is 0.235. The average molecular weight is 288 g/mol. The highest BCUT2D eigenvalue weighted by molar-refractivity contribution is 6.34. The molecule has 0 heterocycles. The van der Waals surface area contributed by atoms with Crippen molar-refractivity contribution in [3.63, 3.8) is 0 Å². The van der Waals surface area contributed by atoms with E-state index in [1.54, 1.807) is 7.11 Å². The molecule has 0 saturated heterocycles. The molecule has 2 nitrogen and oxygen atoms in total. The quantitative estimate of drug-likeness (QED) is 0.719. The molecule has 2 rings (SSSR count). The van der Waals surface area contributed by atoms with Gasteiger partial charge in [0.15, 0.2) is 0 Å². The zero-order chi connectivity index (χ0) is 14.7. The van der Waals surface area contributed by atoms with E-state index in [-0.39, 0.29) is 0 Å². The first kappa shape index (κ1) is 14.6. The molecule has 20 heavy (non-hydrogen) atoms. The second-order valence-electron chi connectivity index (χ2n) is 4.83. The Morgan fingerprint density at radius 1 is 1.10 bits per heavy atom. The molecule has 104 valence electrons. The van der Waals surface area contributed by atoms with Crippen LogP contribution < -0.4 is 4.74 Å². The molecule has 0 spiro atoms. The van der Waals surface area contributed by atoms with Crippen molar-refractivity contribution in [2.24, 2.45) is 4.99 Å². The molecule has 0 amide bonds. The molecule has 3 heteroatoms. The highest BCUT2D eigenvalue weighted by Gasteiger charge is 2.06. The number of hydrogen-bond acceptors (Lipinski definition) is 2. The van der Waals surface area contributed by atoms with Gasteiger partial charge in [-0.05, 0) is 44.5 Å². The van der Waals surface area contributed by atoms with E-state index >= 15 is 0 Å². The normalized spacial score (nSPS) is 11.6. The Morgan fingerprint density at radius 2 is 1.85 bits per heavy atom. The van der Waals surface area contributed by atoms with E-state index in [0.29, 0.717) is 0 Å². The van der Waals surface area contributed by atoms with Crippen molar-refractivity contribution in [1.29, 1.82) is 0 Å². The van der Waals surface area contributed by atoms with Crippen LogP contribution in [0.1, 0.15) is 23.6 Å². The van der Waals surface area contributed by atoms with Gasteiger partial charge >= 0.3 is 0 Å². The van der Waals surface area contributed by atoms with Gasteiger partial charge in [0, 0.05) is 22.4 Å². The molecule has 0 aliphatic rings. The topological polar surface area (TPSA) is 21.6 Å². The first-order chi connectivity index (χ1) is 9.51. The Morgan fingerprint density at radius 3 is 2.55 bits per heavy atom. The zero-order valence-corrected chi connectivity index (χ0v) is 13.0. The van der Waals surface area contributed by atoms with E-state index in [1.807, 2.05) is 51.1 Å². The molecular weight excluding hydrogens is 270 g/mol. The number of aliphatic imine (C=N–C) groups is 1. The van der Waals surface area contributed by atoms with E-state index in [4.69, 9.17) is 21.3 Å². The molecule has 0 aromatic heterocycles. The molecule has 0 atom stereocenters. The first-order valence-electron chi connectivity index (χ1n) is 6.47. The molecule has 2 aromatic rings. The Hall–Kier alpha value is -1.80. The van der Waals surface area contributed by atoms with Crippen LogP contribution in [0.3, 0.4) is 0 Å². The summed E-state index contributed by atoms with van der Waals surface area (Å²) >= 11 is 6.25. The maximum Gasteiger partial charge on any atom is 0.121 e. The van der Waals surface area contributed by atoms with Crippen LogP contribution in [0.25, 0.3) is 0 Å². The van der Waals surface area contributed by atoms with Gasteiger partial charge in [0.1, 0.15) is 5.75 Å². The molecule has 2 aromatic carbocycles. The predicted octanol–water partition coefficient (Wildman–Crippen LogP) is 5.11. The van der Waals surface area contributed by atoms with Crippen LogP contribution in [0.4, 0.5) is 5.69 Å².